The molecule has 0 aliphatic rings. The molecule has 0 aliphatic heterocycles. The molecule has 0 saturated heterocycles. The molecule has 0 radical (unpaired) electrons. The zero-order valence-electron chi connectivity index (χ0n) is 12.9. The van der Waals surface area contributed by atoms with Crippen molar-refractivity contribution in [1.82, 2.24) is 0 Å². The summed E-state index contributed by atoms with van der Waals surface area (Å²) in [7, 11) is -2.65. The molecule has 0 unspecified atom stereocenters. The van der Waals surface area contributed by atoms with E-state index in [1.807, 2.05) is 13.8 Å². The fourth-order valence-corrected chi connectivity index (χ4v) is 3.07. The molecule has 2 aromatic carbocycles. The van der Waals surface area contributed by atoms with Gasteiger partial charge in [0.15, 0.2) is 5.75 Å². The Labute approximate surface area is 134 Å². The zero-order valence-corrected chi connectivity index (χ0v) is 13.7. The van der Waals surface area contributed by atoms with Gasteiger partial charge >= 0.3 is 5.69 Å². The Morgan fingerprint density at radius 3 is 2.35 bits per heavy atom. The summed E-state index contributed by atoms with van der Waals surface area (Å²) in [5, 5.41) is 11.0. The Kier molecular flexibility index (Phi) is 4.55. The van der Waals surface area contributed by atoms with Gasteiger partial charge in [-0.05, 0) is 49.2 Å². The lowest BCUT2D eigenvalue weighted by Crippen LogP contribution is -2.13. The first-order valence-electron chi connectivity index (χ1n) is 6.67. The number of hydrogen-bond acceptors (Lipinski definition) is 5. The van der Waals surface area contributed by atoms with Crippen molar-refractivity contribution in [3.8, 4) is 5.75 Å². The number of anilines is 1. The molecule has 0 amide bonds. The number of aryl methyl sites for hydroxylation is 2. The molecule has 8 heteroatoms. The monoisotopic (exact) mass is 336 g/mol. The molecule has 7 nitrogen and oxygen atoms in total. The summed E-state index contributed by atoms with van der Waals surface area (Å²) in [4.78, 5) is 10.1. The van der Waals surface area contributed by atoms with E-state index in [-0.39, 0.29) is 10.6 Å². The number of methoxy groups -OCH3 is 1. The number of sulfonamides is 1. The Morgan fingerprint density at radius 1 is 1.09 bits per heavy atom. The third-order valence-corrected chi connectivity index (χ3v) is 4.80. The number of hydrogen-bond donors (Lipinski definition) is 1. The van der Waals surface area contributed by atoms with Crippen LogP contribution in [0.2, 0.25) is 0 Å². The highest BCUT2D eigenvalue weighted by atomic mass is 32.2. The highest BCUT2D eigenvalue weighted by Gasteiger charge is 2.22. The van der Waals surface area contributed by atoms with Gasteiger partial charge in [0, 0.05) is 11.8 Å². The van der Waals surface area contributed by atoms with Crippen LogP contribution in [0, 0.1) is 24.0 Å². The predicted molar refractivity (Wildman–Crippen MR) is 86.4 cm³/mol. The summed E-state index contributed by atoms with van der Waals surface area (Å²) in [6.07, 6.45) is 0. The molecule has 2 rings (SSSR count). The summed E-state index contributed by atoms with van der Waals surface area (Å²) in [5.41, 5.74) is 1.96. The molecule has 23 heavy (non-hydrogen) atoms. The van der Waals surface area contributed by atoms with Crippen LogP contribution >= 0.6 is 0 Å². The summed E-state index contributed by atoms with van der Waals surface area (Å²) in [6, 6.07) is 8.62. The lowest BCUT2D eigenvalue weighted by molar-refractivity contribution is -0.386. The number of ether oxygens (including phenoxy) is 1. The normalized spacial score (nSPS) is 11.1. The smallest absolute Gasteiger partial charge is 0.312 e. The van der Waals surface area contributed by atoms with Gasteiger partial charge in [-0.2, -0.15) is 0 Å². The number of nitrogens with zero attached hydrogens (tertiary/aromatic N) is 1. The third-order valence-electron chi connectivity index (χ3n) is 3.42. The molecular formula is C15H16N2O5S. The average molecular weight is 336 g/mol. The van der Waals surface area contributed by atoms with Crippen LogP contribution < -0.4 is 9.46 Å². The molecule has 0 atom stereocenters. The van der Waals surface area contributed by atoms with Gasteiger partial charge in [0.1, 0.15) is 0 Å². The number of nitro groups is 1. The second-order valence-corrected chi connectivity index (χ2v) is 6.68. The SMILES string of the molecule is COc1ccc(S(=O)(=O)Nc2ccc(C)c(C)c2)cc1[N+](=O)[O-]. The fourth-order valence-electron chi connectivity index (χ4n) is 2.00. The standard InChI is InChI=1S/C15H16N2O5S/c1-10-4-5-12(8-11(10)2)16-23(20,21)13-6-7-15(22-3)14(9-13)17(18)19/h4-9,16H,1-3H3. The maximum atomic E-state index is 12.4. The minimum Gasteiger partial charge on any atom is -0.490 e. The maximum absolute atomic E-state index is 12.4. The number of nitro benzene ring substituents is 1. The van der Waals surface area contributed by atoms with Gasteiger partial charge in [-0.1, -0.05) is 6.07 Å². The fraction of sp³-hybridized carbons (Fsp3) is 0.200. The minimum absolute atomic E-state index is 0.000121. The van der Waals surface area contributed by atoms with E-state index >= 15 is 0 Å². The van der Waals surface area contributed by atoms with E-state index in [0.717, 1.165) is 17.2 Å². The van der Waals surface area contributed by atoms with Crippen LogP contribution in [0.15, 0.2) is 41.3 Å². The Morgan fingerprint density at radius 2 is 1.78 bits per heavy atom. The zero-order chi connectivity index (χ0) is 17.2. The summed E-state index contributed by atoms with van der Waals surface area (Å²) < 4.78 is 32.1. The van der Waals surface area contributed by atoms with E-state index in [9.17, 15) is 18.5 Å². The van der Waals surface area contributed by atoms with Crippen molar-refractivity contribution in [3.05, 3.63) is 57.6 Å². The van der Waals surface area contributed by atoms with Crippen molar-refractivity contribution < 1.29 is 18.1 Å². The van der Waals surface area contributed by atoms with E-state index in [0.29, 0.717) is 5.69 Å². The Hall–Kier alpha value is -2.61. The van der Waals surface area contributed by atoms with Crippen molar-refractivity contribution in [2.45, 2.75) is 18.7 Å². The van der Waals surface area contributed by atoms with Gasteiger partial charge in [-0.3, -0.25) is 14.8 Å². The predicted octanol–water partition coefficient (Wildman–Crippen LogP) is 3.02. The molecular weight excluding hydrogens is 320 g/mol. The first-order valence-corrected chi connectivity index (χ1v) is 8.15. The molecule has 0 fully saturated rings. The topological polar surface area (TPSA) is 98.5 Å². The van der Waals surface area contributed by atoms with Crippen LogP contribution in [0.5, 0.6) is 5.75 Å². The first-order chi connectivity index (χ1) is 10.7. The second kappa shape index (κ2) is 6.25. The molecule has 0 bridgehead atoms. The average Bonchev–Trinajstić information content (AvgIpc) is 2.50. The van der Waals surface area contributed by atoms with Crippen molar-refractivity contribution in [1.29, 1.82) is 0 Å². The molecule has 0 saturated carbocycles. The lowest BCUT2D eigenvalue weighted by atomic mass is 10.1. The van der Waals surface area contributed by atoms with Crippen LogP contribution in [0.25, 0.3) is 0 Å². The van der Waals surface area contributed by atoms with E-state index in [1.54, 1.807) is 18.2 Å². The Balaban J connectivity index is 2.41. The minimum atomic E-state index is -3.93. The van der Waals surface area contributed by atoms with Crippen LogP contribution in [-0.2, 0) is 10.0 Å². The van der Waals surface area contributed by atoms with Gasteiger partial charge in [0.25, 0.3) is 10.0 Å². The van der Waals surface area contributed by atoms with Crippen LogP contribution in [0.4, 0.5) is 11.4 Å². The highest BCUT2D eigenvalue weighted by molar-refractivity contribution is 7.92. The quantitative estimate of drug-likeness (QED) is 0.668. The van der Waals surface area contributed by atoms with Gasteiger partial charge in [0.05, 0.1) is 16.9 Å². The van der Waals surface area contributed by atoms with Gasteiger partial charge < -0.3 is 4.74 Å². The molecule has 2 aromatic rings. The largest absolute Gasteiger partial charge is 0.490 e. The van der Waals surface area contributed by atoms with E-state index < -0.39 is 20.6 Å². The van der Waals surface area contributed by atoms with Crippen LogP contribution in [0.3, 0.4) is 0 Å². The van der Waals surface area contributed by atoms with Gasteiger partial charge in [-0.25, -0.2) is 8.42 Å². The van der Waals surface area contributed by atoms with Crippen molar-refractivity contribution in [3.63, 3.8) is 0 Å². The lowest BCUT2D eigenvalue weighted by Gasteiger charge is -2.10. The number of nitrogens with one attached hydrogen (secondary N) is 1. The van der Waals surface area contributed by atoms with Crippen LogP contribution in [0.1, 0.15) is 11.1 Å². The molecule has 0 aliphatic carbocycles. The Bertz CT molecular complexity index is 862. The van der Waals surface area contributed by atoms with E-state index in [1.165, 1.54) is 19.2 Å². The van der Waals surface area contributed by atoms with Gasteiger partial charge in [-0.15, -0.1) is 0 Å². The second-order valence-electron chi connectivity index (χ2n) is 5.00. The molecule has 122 valence electrons. The molecule has 0 spiro atoms. The van der Waals surface area contributed by atoms with Crippen molar-refractivity contribution >= 4 is 21.4 Å². The molecule has 0 aromatic heterocycles. The number of rotatable bonds is 5. The maximum Gasteiger partial charge on any atom is 0.312 e. The number of benzene rings is 2. The summed E-state index contributed by atoms with van der Waals surface area (Å²) in [6.45, 7) is 3.78. The van der Waals surface area contributed by atoms with Gasteiger partial charge in [0.2, 0.25) is 0 Å². The summed E-state index contributed by atoms with van der Waals surface area (Å²) in [5.74, 6) is 0.000121. The molecule has 0 heterocycles. The van der Waals surface area contributed by atoms with Crippen LogP contribution in [-0.4, -0.2) is 20.5 Å². The third kappa shape index (κ3) is 3.59. The van der Waals surface area contributed by atoms with Crippen molar-refractivity contribution in [2.75, 3.05) is 11.8 Å². The van der Waals surface area contributed by atoms with Crippen molar-refractivity contribution in [2.24, 2.45) is 0 Å². The summed E-state index contributed by atoms with van der Waals surface area (Å²) >= 11 is 0. The van der Waals surface area contributed by atoms with E-state index in [2.05, 4.69) is 4.72 Å². The first kappa shape index (κ1) is 16.8. The van der Waals surface area contributed by atoms with E-state index in [4.69, 9.17) is 4.74 Å². The molecule has 1 N–H and O–H groups in total. The highest BCUT2D eigenvalue weighted by Crippen LogP contribution is 2.30.